The molecule has 0 unspecified atom stereocenters. The molecule has 2 aromatic carbocycles. The molecule has 0 saturated carbocycles. The van der Waals surface area contributed by atoms with Crippen molar-refractivity contribution in [3.8, 4) is 11.3 Å². The second kappa shape index (κ2) is 7.69. The zero-order valence-corrected chi connectivity index (χ0v) is 17.0. The maximum atomic E-state index is 12.3. The van der Waals surface area contributed by atoms with Gasteiger partial charge in [0.1, 0.15) is 0 Å². The standard InChI is InChI=1S/C18H15BrN2O3S2/c1-26(23,24)11-12-5-7-13(8-6-12)17(22)21-18-20-16(10-25-18)14-3-2-4-15(19)9-14/h2-10H,11H2,1H3,(H,20,21,22). The summed E-state index contributed by atoms with van der Waals surface area (Å²) in [7, 11) is -3.10. The Morgan fingerprint density at radius 1 is 1.19 bits per heavy atom. The van der Waals surface area contributed by atoms with Gasteiger partial charge in [-0.3, -0.25) is 10.1 Å². The molecule has 134 valence electrons. The van der Waals surface area contributed by atoms with Crippen LogP contribution in [0.4, 0.5) is 5.13 Å². The lowest BCUT2D eigenvalue weighted by Crippen LogP contribution is -2.11. The molecule has 0 bridgehead atoms. The molecular formula is C18H15BrN2O3S2. The molecule has 0 spiro atoms. The summed E-state index contributed by atoms with van der Waals surface area (Å²) in [5.41, 5.74) is 2.84. The Balaban J connectivity index is 1.70. The van der Waals surface area contributed by atoms with Crippen LogP contribution in [0.5, 0.6) is 0 Å². The van der Waals surface area contributed by atoms with E-state index < -0.39 is 9.84 Å². The van der Waals surface area contributed by atoms with E-state index in [0.29, 0.717) is 16.3 Å². The second-order valence-corrected chi connectivity index (χ2v) is 9.68. The Labute approximate surface area is 164 Å². The number of rotatable bonds is 5. The Hall–Kier alpha value is -2.03. The molecule has 5 nitrogen and oxygen atoms in total. The molecule has 3 aromatic rings. The fraction of sp³-hybridized carbons (Fsp3) is 0.111. The summed E-state index contributed by atoms with van der Waals surface area (Å²) >= 11 is 4.78. The summed E-state index contributed by atoms with van der Waals surface area (Å²) < 4.78 is 23.6. The number of nitrogens with zero attached hydrogens (tertiary/aromatic N) is 1. The van der Waals surface area contributed by atoms with Gasteiger partial charge in [-0.1, -0.05) is 40.2 Å². The van der Waals surface area contributed by atoms with Crippen LogP contribution in [0.3, 0.4) is 0 Å². The third-order valence-corrected chi connectivity index (χ3v) is 5.60. The highest BCUT2D eigenvalue weighted by Gasteiger charge is 2.11. The molecule has 0 fully saturated rings. The van der Waals surface area contributed by atoms with Crippen LogP contribution >= 0.6 is 27.3 Å². The van der Waals surface area contributed by atoms with Crippen molar-refractivity contribution in [1.82, 2.24) is 4.98 Å². The van der Waals surface area contributed by atoms with E-state index in [0.717, 1.165) is 15.7 Å². The Kier molecular flexibility index (Phi) is 5.55. The largest absolute Gasteiger partial charge is 0.298 e. The van der Waals surface area contributed by atoms with E-state index in [2.05, 4.69) is 26.2 Å². The highest BCUT2D eigenvalue weighted by Crippen LogP contribution is 2.27. The highest BCUT2D eigenvalue weighted by molar-refractivity contribution is 9.10. The normalized spacial score (nSPS) is 11.3. The summed E-state index contributed by atoms with van der Waals surface area (Å²) in [5.74, 6) is -0.330. The second-order valence-electron chi connectivity index (χ2n) is 5.77. The first-order chi connectivity index (χ1) is 12.3. The number of thiazole rings is 1. The van der Waals surface area contributed by atoms with Crippen LogP contribution in [0, 0.1) is 0 Å². The number of sulfone groups is 1. The Morgan fingerprint density at radius 3 is 2.58 bits per heavy atom. The van der Waals surface area contributed by atoms with E-state index in [-0.39, 0.29) is 11.7 Å². The van der Waals surface area contributed by atoms with Gasteiger partial charge in [-0.05, 0) is 29.8 Å². The minimum absolute atomic E-state index is 0.0443. The van der Waals surface area contributed by atoms with Crippen LogP contribution in [0.25, 0.3) is 11.3 Å². The number of carbonyl (C=O) groups excluding carboxylic acids is 1. The van der Waals surface area contributed by atoms with E-state index in [1.165, 1.54) is 17.6 Å². The van der Waals surface area contributed by atoms with Crippen LogP contribution < -0.4 is 5.32 Å². The minimum atomic E-state index is -3.10. The molecule has 1 N–H and O–H groups in total. The number of carbonyl (C=O) groups is 1. The SMILES string of the molecule is CS(=O)(=O)Cc1ccc(C(=O)Nc2nc(-c3cccc(Br)c3)cs2)cc1. The third-order valence-electron chi connectivity index (χ3n) is 3.49. The third kappa shape index (κ3) is 5.00. The Morgan fingerprint density at radius 2 is 1.92 bits per heavy atom. The molecule has 0 aliphatic heterocycles. The summed E-state index contributed by atoms with van der Waals surface area (Å²) in [6.07, 6.45) is 1.18. The van der Waals surface area contributed by atoms with E-state index in [1.54, 1.807) is 24.3 Å². The highest BCUT2D eigenvalue weighted by atomic mass is 79.9. The van der Waals surface area contributed by atoms with E-state index >= 15 is 0 Å². The summed E-state index contributed by atoms with van der Waals surface area (Å²) in [6.45, 7) is 0. The molecule has 1 heterocycles. The fourth-order valence-corrected chi connectivity index (χ4v) is 4.25. The minimum Gasteiger partial charge on any atom is -0.298 e. The van der Waals surface area contributed by atoms with Gasteiger partial charge in [0, 0.05) is 27.2 Å². The average Bonchev–Trinajstić information content (AvgIpc) is 3.02. The molecule has 0 radical (unpaired) electrons. The lowest BCUT2D eigenvalue weighted by Gasteiger charge is -2.04. The van der Waals surface area contributed by atoms with E-state index in [4.69, 9.17) is 0 Å². The number of amides is 1. The van der Waals surface area contributed by atoms with Crippen molar-refractivity contribution in [3.63, 3.8) is 0 Å². The number of hydrogen-bond acceptors (Lipinski definition) is 5. The van der Waals surface area contributed by atoms with Crippen LogP contribution in [-0.2, 0) is 15.6 Å². The van der Waals surface area contributed by atoms with Gasteiger partial charge < -0.3 is 0 Å². The maximum Gasteiger partial charge on any atom is 0.257 e. The van der Waals surface area contributed by atoms with Gasteiger partial charge in [-0.15, -0.1) is 11.3 Å². The maximum absolute atomic E-state index is 12.3. The number of nitrogens with one attached hydrogen (secondary N) is 1. The lowest BCUT2D eigenvalue weighted by atomic mass is 10.1. The number of halogens is 1. The zero-order chi connectivity index (χ0) is 18.7. The van der Waals surface area contributed by atoms with Crippen molar-refractivity contribution < 1.29 is 13.2 Å². The van der Waals surface area contributed by atoms with Crippen LogP contribution in [0.2, 0.25) is 0 Å². The fourth-order valence-electron chi connectivity index (χ4n) is 2.34. The van der Waals surface area contributed by atoms with Crippen LogP contribution in [0.1, 0.15) is 15.9 Å². The number of aromatic nitrogens is 1. The summed E-state index contributed by atoms with van der Waals surface area (Å²) in [5, 5.41) is 5.16. The summed E-state index contributed by atoms with van der Waals surface area (Å²) in [6, 6.07) is 14.3. The average molecular weight is 451 g/mol. The van der Waals surface area contributed by atoms with Crippen molar-refractivity contribution >= 4 is 48.1 Å². The van der Waals surface area contributed by atoms with Gasteiger partial charge >= 0.3 is 0 Å². The summed E-state index contributed by atoms with van der Waals surface area (Å²) in [4.78, 5) is 16.8. The first kappa shape index (κ1) is 18.8. The van der Waals surface area contributed by atoms with E-state index in [9.17, 15) is 13.2 Å². The molecule has 3 rings (SSSR count). The smallest absolute Gasteiger partial charge is 0.257 e. The molecule has 8 heteroatoms. The monoisotopic (exact) mass is 450 g/mol. The van der Waals surface area contributed by atoms with Crippen molar-refractivity contribution in [2.45, 2.75) is 5.75 Å². The predicted molar refractivity (Wildman–Crippen MR) is 108 cm³/mol. The van der Waals surface area contributed by atoms with Gasteiger partial charge in [0.2, 0.25) is 0 Å². The molecular weight excluding hydrogens is 436 g/mol. The quantitative estimate of drug-likeness (QED) is 0.625. The molecule has 0 saturated heterocycles. The van der Waals surface area contributed by atoms with Gasteiger partial charge in [-0.2, -0.15) is 0 Å². The Bertz CT molecular complexity index is 1040. The molecule has 26 heavy (non-hydrogen) atoms. The van der Waals surface area contributed by atoms with Crippen LogP contribution in [0.15, 0.2) is 58.4 Å². The van der Waals surface area contributed by atoms with Crippen LogP contribution in [-0.4, -0.2) is 25.6 Å². The first-order valence-corrected chi connectivity index (χ1v) is 11.3. The topological polar surface area (TPSA) is 76.1 Å². The number of benzene rings is 2. The van der Waals surface area contributed by atoms with Gasteiger partial charge in [0.05, 0.1) is 11.4 Å². The van der Waals surface area contributed by atoms with Gasteiger partial charge in [0.15, 0.2) is 15.0 Å². The molecule has 0 aliphatic carbocycles. The molecule has 0 atom stereocenters. The van der Waals surface area contributed by atoms with Crippen molar-refractivity contribution in [1.29, 1.82) is 0 Å². The molecule has 1 amide bonds. The van der Waals surface area contributed by atoms with Crippen molar-refractivity contribution in [2.75, 3.05) is 11.6 Å². The first-order valence-electron chi connectivity index (χ1n) is 7.60. The molecule has 0 aliphatic rings. The number of hydrogen-bond donors (Lipinski definition) is 1. The lowest BCUT2D eigenvalue weighted by molar-refractivity contribution is 0.102. The molecule has 1 aromatic heterocycles. The zero-order valence-electron chi connectivity index (χ0n) is 13.8. The van der Waals surface area contributed by atoms with Gasteiger partial charge in [0.25, 0.3) is 5.91 Å². The predicted octanol–water partition coefficient (Wildman–Crippen LogP) is 4.37. The van der Waals surface area contributed by atoms with E-state index in [1.807, 2.05) is 29.6 Å². The van der Waals surface area contributed by atoms with Gasteiger partial charge in [-0.25, -0.2) is 13.4 Å². The number of anilines is 1. The van der Waals surface area contributed by atoms with Crippen molar-refractivity contribution in [3.05, 3.63) is 69.5 Å². The van der Waals surface area contributed by atoms with Crippen molar-refractivity contribution in [2.24, 2.45) is 0 Å².